The average Bonchev–Trinajstić information content (AvgIpc) is 3.02. The third kappa shape index (κ3) is 4.22. The molecule has 3 aromatic rings. The molecule has 1 heterocycles. The van der Waals surface area contributed by atoms with E-state index in [0.29, 0.717) is 34.0 Å². The molecule has 160 valence electrons. The van der Waals surface area contributed by atoms with Crippen LogP contribution in [0.2, 0.25) is 0 Å². The predicted molar refractivity (Wildman–Crippen MR) is 101 cm³/mol. The largest absolute Gasteiger partial charge is 0.573 e. The summed E-state index contributed by atoms with van der Waals surface area (Å²) < 4.78 is 57.8. The Labute approximate surface area is 168 Å². The molecule has 0 bridgehead atoms. The van der Waals surface area contributed by atoms with Gasteiger partial charge in [-0.2, -0.15) is 0 Å². The van der Waals surface area contributed by atoms with Crippen LogP contribution < -0.4 is 18.9 Å². The molecule has 0 amide bonds. The van der Waals surface area contributed by atoms with Crippen molar-refractivity contribution in [3.05, 3.63) is 35.9 Å². The number of carbonyl (C=O) groups is 1. The number of aliphatic carboxylic acids is 1. The third-order valence-electron chi connectivity index (χ3n) is 4.41. The molecule has 2 N–H and O–H groups in total. The van der Waals surface area contributed by atoms with Gasteiger partial charge in [0.05, 0.1) is 33.4 Å². The molecular formula is C20H18F3NO6. The fourth-order valence-electron chi connectivity index (χ4n) is 3.21. The molecule has 0 unspecified atom stereocenters. The Bertz CT molecular complexity index is 1090. The van der Waals surface area contributed by atoms with E-state index in [1.165, 1.54) is 27.4 Å². The van der Waals surface area contributed by atoms with E-state index in [1.807, 2.05) is 0 Å². The molecule has 0 radical (unpaired) electrons. The Kier molecular flexibility index (Phi) is 5.68. The van der Waals surface area contributed by atoms with Crippen molar-refractivity contribution in [2.24, 2.45) is 0 Å². The van der Waals surface area contributed by atoms with Crippen LogP contribution in [-0.2, 0) is 11.2 Å². The van der Waals surface area contributed by atoms with Gasteiger partial charge in [-0.3, -0.25) is 4.79 Å². The molecule has 0 atom stereocenters. The van der Waals surface area contributed by atoms with Crippen molar-refractivity contribution in [1.82, 2.24) is 4.98 Å². The summed E-state index contributed by atoms with van der Waals surface area (Å²) in [6.45, 7) is 0. The summed E-state index contributed by atoms with van der Waals surface area (Å²) in [6.07, 6.45) is -5.31. The van der Waals surface area contributed by atoms with Gasteiger partial charge in [-0.05, 0) is 29.8 Å². The summed E-state index contributed by atoms with van der Waals surface area (Å²) in [5, 5.41) is 9.66. The first-order valence-electron chi connectivity index (χ1n) is 8.59. The zero-order valence-electron chi connectivity index (χ0n) is 16.2. The van der Waals surface area contributed by atoms with Crippen molar-refractivity contribution in [3.8, 4) is 34.3 Å². The quantitative estimate of drug-likeness (QED) is 0.584. The Balaban J connectivity index is 2.26. The summed E-state index contributed by atoms with van der Waals surface area (Å²) in [5.74, 6) is -0.480. The van der Waals surface area contributed by atoms with Gasteiger partial charge in [-0.15, -0.1) is 13.2 Å². The molecule has 2 aromatic carbocycles. The highest BCUT2D eigenvalue weighted by Crippen LogP contribution is 2.43. The number of alkyl halides is 3. The molecule has 0 saturated carbocycles. The first kappa shape index (κ1) is 21.2. The van der Waals surface area contributed by atoms with E-state index >= 15 is 0 Å². The van der Waals surface area contributed by atoms with E-state index in [0.717, 1.165) is 12.1 Å². The standard InChI is InChI=1S/C20H18F3NO6/c1-27-15-9-17(29-3)16(28-2)7-13(15)19-12(8-18(25)26)11-6-10(30-20(21,22)23)4-5-14(11)24-19/h4-7,9,24H,8H2,1-3H3,(H,25,26). The summed E-state index contributed by atoms with van der Waals surface area (Å²) in [4.78, 5) is 14.5. The van der Waals surface area contributed by atoms with Crippen molar-refractivity contribution >= 4 is 16.9 Å². The van der Waals surface area contributed by atoms with Crippen LogP contribution >= 0.6 is 0 Å². The van der Waals surface area contributed by atoms with Crippen molar-refractivity contribution in [1.29, 1.82) is 0 Å². The second-order valence-corrected chi connectivity index (χ2v) is 6.21. The first-order valence-corrected chi connectivity index (χ1v) is 8.59. The number of hydrogen-bond donors (Lipinski definition) is 2. The van der Waals surface area contributed by atoms with E-state index in [9.17, 15) is 23.1 Å². The lowest BCUT2D eigenvalue weighted by Crippen LogP contribution is -2.17. The van der Waals surface area contributed by atoms with Gasteiger partial charge in [0, 0.05) is 22.5 Å². The van der Waals surface area contributed by atoms with Gasteiger partial charge in [0.1, 0.15) is 11.5 Å². The zero-order chi connectivity index (χ0) is 22.1. The maximum Gasteiger partial charge on any atom is 0.573 e. The lowest BCUT2D eigenvalue weighted by Gasteiger charge is -2.14. The van der Waals surface area contributed by atoms with Gasteiger partial charge < -0.3 is 29.0 Å². The molecule has 0 aliphatic heterocycles. The number of methoxy groups -OCH3 is 3. The molecule has 3 rings (SSSR count). The minimum atomic E-state index is -4.87. The van der Waals surface area contributed by atoms with Crippen molar-refractivity contribution in [3.63, 3.8) is 0 Å². The number of halogens is 3. The number of aromatic nitrogens is 1. The number of carboxylic acids is 1. The average molecular weight is 425 g/mol. The summed E-state index contributed by atoms with van der Waals surface area (Å²) in [5.41, 5.74) is 1.54. The molecule has 7 nitrogen and oxygen atoms in total. The number of H-pyrrole nitrogens is 1. The van der Waals surface area contributed by atoms with Crippen LogP contribution in [0.1, 0.15) is 5.56 Å². The van der Waals surface area contributed by atoms with Gasteiger partial charge in [0.15, 0.2) is 11.5 Å². The first-order chi connectivity index (χ1) is 14.2. The summed E-state index contributed by atoms with van der Waals surface area (Å²) in [6, 6.07) is 6.85. The number of hydrogen-bond acceptors (Lipinski definition) is 5. The number of benzene rings is 2. The predicted octanol–water partition coefficient (Wildman–Crippen LogP) is 4.39. The lowest BCUT2D eigenvalue weighted by molar-refractivity contribution is -0.274. The number of rotatable bonds is 7. The molecule has 1 aromatic heterocycles. The summed E-state index contributed by atoms with van der Waals surface area (Å²) >= 11 is 0. The van der Waals surface area contributed by atoms with Crippen LogP contribution in [0.4, 0.5) is 13.2 Å². The smallest absolute Gasteiger partial charge is 0.496 e. The lowest BCUT2D eigenvalue weighted by atomic mass is 10.0. The number of ether oxygens (including phenoxy) is 4. The molecule has 30 heavy (non-hydrogen) atoms. The third-order valence-corrected chi connectivity index (χ3v) is 4.41. The monoisotopic (exact) mass is 425 g/mol. The maximum atomic E-state index is 12.6. The van der Waals surface area contributed by atoms with Crippen LogP contribution in [0.5, 0.6) is 23.0 Å². The normalized spacial score (nSPS) is 11.4. The molecule has 0 saturated heterocycles. The Morgan fingerprint density at radius 1 is 1.00 bits per heavy atom. The van der Waals surface area contributed by atoms with Gasteiger partial charge in [0.25, 0.3) is 0 Å². The molecule has 0 spiro atoms. The van der Waals surface area contributed by atoms with Crippen LogP contribution in [0, 0.1) is 0 Å². The van der Waals surface area contributed by atoms with Crippen molar-refractivity contribution < 1.29 is 42.0 Å². The fraction of sp³-hybridized carbons (Fsp3) is 0.250. The van der Waals surface area contributed by atoms with E-state index < -0.39 is 24.5 Å². The van der Waals surface area contributed by atoms with Gasteiger partial charge in [-0.25, -0.2) is 0 Å². The van der Waals surface area contributed by atoms with Crippen molar-refractivity contribution in [2.75, 3.05) is 21.3 Å². The van der Waals surface area contributed by atoms with Gasteiger partial charge >= 0.3 is 12.3 Å². The summed E-state index contributed by atoms with van der Waals surface area (Å²) in [7, 11) is 4.33. The zero-order valence-corrected chi connectivity index (χ0v) is 16.2. The van der Waals surface area contributed by atoms with Crippen LogP contribution in [0.3, 0.4) is 0 Å². The SMILES string of the molecule is COc1cc(OC)c(-c2[nH]c3ccc(OC(F)(F)F)cc3c2CC(=O)O)cc1OC. The Hall–Kier alpha value is -3.56. The second kappa shape index (κ2) is 8.05. The molecular weight excluding hydrogens is 407 g/mol. The minimum Gasteiger partial charge on any atom is -0.496 e. The highest BCUT2D eigenvalue weighted by molar-refractivity contribution is 5.96. The van der Waals surface area contributed by atoms with Crippen LogP contribution in [0.25, 0.3) is 22.2 Å². The number of nitrogens with one attached hydrogen (secondary N) is 1. The molecule has 0 aliphatic rings. The highest BCUT2D eigenvalue weighted by atomic mass is 19.4. The van der Waals surface area contributed by atoms with Crippen LogP contribution in [0.15, 0.2) is 30.3 Å². The van der Waals surface area contributed by atoms with E-state index in [-0.39, 0.29) is 10.9 Å². The fourth-order valence-corrected chi connectivity index (χ4v) is 3.21. The van der Waals surface area contributed by atoms with E-state index in [4.69, 9.17) is 14.2 Å². The van der Waals surface area contributed by atoms with E-state index in [1.54, 1.807) is 12.1 Å². The van der Waals surface area contributed by atoms with Crippen molar-refractivity contribution in [2.45, 2.75) is 12.8 Å². The molecule has 10 heteroatoms. The highest BCUT2D eigenvalue weighted by Gasteiger charge is 2.31. The van der Waals surface area contributed by atoms with Crippen LogP contribution in [-0.4, -0.2) is 43.8 Å². The number of fused-ring (bicyclic) bond motifs is 1. The molecule has 0 aliphatic carbocycles. The number of carboxylic acid groups (broad SMARTS) is 1. The Morgan fingerprint density at radius 2 is 1.63 bits per heavy atom. The minimum absolute atomic E-state index is 0.274. The molecule has 0 fully saturated rings. The van der Waals surface area contributed by atoms with E-state index in [2.05, 4.69) is 9.72 Å². The van der Waals surface area contributed by atoms with Gasteiger partial charge in [0.2, 0.25) is 0 Å². The maximum absolute atomic E-state index is 12.6. The number of aromatic amines is 1. The Morgan fingerprint density at radius 3 is 2.20 bits per heavy atom. The second-order valence-electron chi connectivity index (χ2n) is 6.21. The topological polar surface area (TPSA) is 90.0 Å². The van der Waals surface area contributed by atoms with Gasteiger partial charge in [-0.1, -0.05) is 0 Å².